The van der Waals surface area contributed by atoms with Gasteiger partial charge in [0.2, 0.25) is 0 Å². The Kier molecular flexibility index (Phi) is 1.82. The lowest BCUT2D eigenvalue weighted by molar-refractivity contribution is 0.937. The summed E-state index contributed by atoms with van der Waals surface area (Å²) in [4.78, 5) is 6.61. The summed E-state index contributed by atoms with van der Waals surface area (Å²) in [6.45, 7) is 1.06. The number of para-hydroxylation sites is 2. The van der Waals surface area contributed by atoms with E-state index in [1.54, 1.807) is 0 Å². The van der Waals surface area contributed by atoms with Crippen LogP contribution < -0.4 is 4.90 Å². The summed E-state index contributed by atoms with van der Waals surface area (Å²) in [6.07, 6.45) is 3.02. The van der Waals surface area contributed by atoms with Crippen molar-refractivity contribution in [3.05, 3.63) is 24.3 Å². The monoisotopic (exact) mass is 160 g/mol. The van der Waals surface area contributed by atoms with Crippen molar-refractivity contribution in [2.45, 2.75) is 6.42 Å². The minimum atomic E-state index is 1.03. The molecule has 2 rings (SSSR count). The predicted octanol–water partition coefficient (Wildman–Crippen LogP) is 2.23. The molecule has 0 aromatic heterocycles. The number of fused-ring (bicyclic) bond motifs is 1. The first kappa shape index (κ1) is 7.35. The van der Waals surface area contributed by atoms with E-state index in [4.69, 9.17) is 0 Å². The highest BCUT2D eigenvalue weighted by Crippen LogP contribution is 2.28. The fraction of sp³-hybridized carbons (Fsp3) is 0.300. The second-order valence-electron chi connectivity index (χ2n) is 3.01. The van der Waals surface area contributed by atoms with Crippen molar-refractivity contribution in [3.8, 4) is 0 Å². The average molecular weight is 160 g/mol. The van der Waals surface area contributed by atoms with Gasteiger partial charge in [0.15, 0.2) is 0 Å². The van der Waals surface area contributed by atoms with E-state index >= 15 is 0 Å². The Hall–Kier alpha value is -1.31. The Bertz CT molecular complexity index is 304. The summed E-state index contributed by atoms with van der Waals surface area (Å²) in [5, 5.41) is 0. The number of aliphatic imine (C=N–C) groups is 1. The molecule has 0 amide bonds. The van der Waals surface area contributed by atoms with Gasteiger partial charge in [0.1, 0.15) is 0 Å². The van der Waals surface area contributed by atoms with Crippen LogP contribution in [0.2, 0.25) is 0 Å². The molecule has 0 unspecified atom stereocenters. The first-order valence-electron chi connectivity index (χ1n) is 4.20. The Labute approximate surface area is 72.5 Å². The van der Waals surface area contributed by atoms with E-state index in [0.29, 0.717) is 0 Å². The molecule has 1 aromatic carbocycles. The van der Waals surface area contributed by atoms with E-state index in [1.165, 1.54) is 5.69 Å². The molecule has 1 aliphatic rings. The predicted molar refractivity (Wildman–Crippen MR) is 52.5 cm³/mol. The smallest absolute Gasteiger partial charge is 0.0858 e. The number of benzene rings is 1. The van der Waals surface area contributed by atoms with Crippen LogP contribution >= 0.6 is 0 Å². The van der Waals surface area contributed by atoms with Crippen molar-refractivity contribution in [3.63, 3.8) is 0 Å². The van der Waals surface area contributed by atoms with E-state index < -0.39 is 0 Å². The zero-order chi connectivity index (χ0) is 8.39. The second-order valence-corrected chi connectivity index (χ2v) is 3.01. The van der Waals surface area contributed by atoms with Crippen molar-refractivity contribution in [1.29, 1.82) is 0 Å². The lowest BCUT2D eigenvalue weighted by atomic mass is 10.2. The van der Waals surface area contributed by atoms with Crippen molar-refractivity contribution in [1.82, 2.24) is 0 Å². The summed E-state index contributed by atoms with van der Waals surface area (Å²) in [5.41, 5.74) is 2.31. The lowest BCUT2D eigenvalue weighted by Gasteiger charge is -2.17. The summed E-state index contributed by atoms with van der Waals surface area (Å²) in [6, 6.07) is 8.23. The normalized spacial score (nSPS) is 15.6. The molecule has 0 fully saturated rings. The zero-order valence-corrected chi connectivity index (χ0v) is 7.20. The maximum Gasteiger partial charge on any atom is 0.0858 e. The molecule has 0 radical (unpaired) electrons. The van der Waals surface area contributed by atoms with Gasteiger partial charge in [0.05, 0.1) is 11.4 Å². The van der Waals surface area contributed by atoms with E-state index in [-0.39, 0.29) is 0 Å². The summed E-state index contributed by atoms with van der Waals surface area (Å²) in [5.74, 6) is 0. The highest BCUT2D eigenvalue weighted by atomic mass is 15.1. The van der Waals surface area contributed by atoms with Crippen LogP contribution in [0, 0.1) is 0 Å². The van der Waals surface area contributed by atoms with Crippen molar-refractivity contribution < 1.29 is 0 Å². The molecule has 2 heteroatoms. The minimum Gasteiger partial charge on any atom is -0.372 e. The molecule has 1 aliphatic heterocycles. The van der Waals surface area contributed by atoms with Crippen molar-refractivity contribution in [2.75, 3.05) is 18.5 Å². The Morgan fingerprint density at radius 3 is 3.08 bits per heavy atom. The molecule has 62 valence electrons. The van der Waals surface area contributed by atoms with E-state index in [9.17, 15) is 0 Å². The molecule has 1 aromatic rings. The third-order valence-electron chi connectivity index (χ3n) is 2.12. The molecule has 0 aliphatic carbocycles. The first-order chi connectivity index (χ1) is 5.88. The van der Waals surface area contributed by atoms with Crippen LogP contribution in [0.3, 0.4) is 0 Å². The second kappa shape index (κ2) is 2.97. The Morgan fingerprint density at radius 2 is 2.17 bits per heavy atom. The van der Waals surface area contributed by atoms with E-state index in [2.05, 4.69) is 29.1 Å². The molecule has 0 spiro atoms. The third-order valence-corrected chi connectivity index (χ3v) is 2.12. The van der Waals surface area contributed by atoms with E-state index in [0.717, 1.165) is 18.7 Å². The van der Waals surface area contributed by atoms with Gasteiger partial charge in [0.25, 0.3) is 0 Å². The highest BCUT2D eigenvalue weighted by molar-refractivity contribution is 5.75. The lowest BCUT2D eigenvalue weighted by Crippen LogP contribution is -2.17. The summed E-state index contributed by atoms with van der Waals surface area (Å²) < 4.78 is 0. The van der Waals surface area contributed by atoms with Crippen molar-refractivity contribution >= 4 is 17.6 Å². The standard InChI is InChI=1S/C10H12N2/c1-12-8-4-7-11-9-5-2-3-6-10(9)12/h2-3,5-7H,4,8H2,1H3. The van der Waals surface area contributed by atoms with Crippen LogP contribution in [0.15, 0.2) is 29.3 Å². The molecular formula is C10H12N2. The van der Waals surface area contributed by atoms with Crippen LogP contribution in [0.25, 0.3) is 0 Å². The van der Waals surface area contributed by atoms with Crippen molar-refractivity contribution in [2.24, 2.45) is 4.99 Å². The molecule has 12 heavy (non-hydrogen) atoms. The summed E-state index contributed by atoms with van der Waals surface area (Å²) >= 11 is 0. The molecule has 0 N–H and O–H groups in total. The largest absolute Gasteiger partial charge is 0.372 e. The highest BCUT2D eigenvalue weighted by Gasteiger charge is 2.07. The van der Waals surface area contributed by atoms with Crippen LogP contribution in [-0.2, 0) is 0 Å². The zero-order valence-electron chi connectivity index (χ0n) is 7.20. The number of rotatable bonds is 0. The number of nitrogens with zero attached hydrogens (tertiary/aromatic N) is 2. The van der Waals surface area contributed by atoms with E-state index in [1.807, 2.05) is 18.3 Å². The maximum absolute atomic E-state index is 4.37. The molecule has 0 saturated carbocycles. The van der Waals surface area contributed by atoms with Gasteiger partial charge in [-0.05, 0) is 12.1 Å². The molecule has 0 saturated heterocycles. The van der Waals surface area contributed by atoms with Crippen LogP contribution in [0.5, 0.6) is 0 Å². The fourth-order valence-corrected chi connectivity index (χ4v) is 1.43. The van der Waals surface area contributed by atoms with Gasteiger partial charge in [-0.15, -0.1) is 0 Å². The van der Waals surface area contributed by atoms with Gasteiger partial charge >= 0.3 is 0 Å². The van der Waals surface area contributed by atoms with Gasteiger partial charge in [-0.3, -0.25) is 4.99 Å². The SMILES string of the molecule is CN1CCC=Nc2ccccc21. The van der Waals surface area contributed by atoms with Gasteiger partial charge in [-0.25, -0.2) is 0 Å². The number of hydrogen-bond donors (Lipinski definition) is 0. The number of hydrogen-bond acceptors (Lipinski definition) is 2. The quantitative estimate of drug-likeness (QED) is 0.568. The molecular weight excluding hydrogens is 148 g/mol. The molecule has 0 atom stereocenters. The molecule has 0 bridgehead atoms. The van der Waals surface area contributed by atoms with Crippen LogP contribution in [0.1, 0.15) is 6.42 Å². The van der Waals surface area contributed by atoms with Gasteiger partial charge in [-0.2, -0.15) is 0 Å². The van der Waals surface area contributed by atoms with Gasteiger partial charge in [0, 0.05) is 26.2 Å². The maximum atomic E-state index is 4.37. The minimum absolute atomic E-state index is 1.03. The molecule has 1 heterocycles. The third kappa shape index (κ3) is 1.20. The summed E-state index contributed by atoms with van der Waals surface area (Å²) in [7, 11) is 2.10. The Balaban J connectivity index is 2.49. The number of anilines is 1. The fourth-order valence-electron chi connectivity index (χ4n) is 1.43. The van der Waals surface area contributed by atoms with Crippen LogP contribution in [0.4, 0.5) is 11.4 Å². The van der Waals surface area contributed by atoms with Gasteiger partial charge in [-0.1, -0.05) is 12.1 Å². The average Bonchev–Trinajstić information content (AvgIpc) is 2.29. The topological polar surface area (TPSA) is 15.6 Å². The first-order valence-corrected chi connectivity index (χ1v) is 4.20. The molecule has 2 nitrogen and oxygen atoms in total. The van der Waals surface area contributed by atoms with Gasteiger partial charge < -0.3 is 4.90 Å². The van der Waals surface area contributed by atoms with Crippen LogP contribution in [-0.4, -0.2) is 19.8 Å². The Morgan fingerprint density at radius 1 is 1.33 bits per heavy atom.